The number of para-hydroxylation sites is 1. The lowest BCUT2D eigenvalue weighted by Crippen LogP contribution is -2.35. The topological polar surface area (TPSA) is 80.3 Å². The molecule has 1 fully saturated rings. The van der Waals surface area contributed by atoms with Gasteiger partial charge in [0.1, 0.15) is 5.82 Å². The number of piperidine rings is 1. The van der Waals surface area contributed by atoms with Gasteiger partial charge in [-0.1, -0.05) is 24.3 Å². The molecule has 0 bridgehead atoms. The Hall–Kier alpha value is -3.52. The first kappa shape index (κ1) is 21.3. The van der Waals surface area contributed by atoms with Gasteiger partial charge in [0.15, 0.2) is 5.65 Å². The zero-order valence-electron chi connectivity index (χ0n) is 19.1. The molecule has 0 unspecified atom stereocenters. The average molecular weight is 444 g/mol. The molecule has 1 aliphatic heterocycles. The van der Waals surface area contributed by atoms with Crippen molar-refractivity contribution in [3.63, 3.8) is 0 Å². The Morgan fingerprint density at radius 1 is 1.03 bits per heavy atom. The molecular formula is C25H29N7O. The smallest absolute Gasteiger partial charge is 0.225 e. The number of pyridine rings is 1. The number of amides is 1. The van der Waals surface area contributed by atoms with E-state index in [2.05, 4.69) is 29.9 Å². The predicted molar refractivity (Wildman–Crippen MR) is 128 cm³/mol. The van der Waals surface area contributed by atoms with Gasteiger partial charge >= 0.3 is 0 Å². The number of anilines is 1. The molecule has 3 aromatic heterocycles. The fraction of sp³-hybridized carbons (Fsp3) is 0.360. The van der Waals surface area contributed by atoms with Crippen LogP contribution < -0.4 is 5.32 Å². The van der Waals surface area contributed by atoms with Crippen LogP contribution in [0.4, 0.5) is 5.69 Å². The molecule has 4 heterocycles. The van der Waals surface area contributed by atoms with E-state index >= 15 is 0 Å². The summed E-state index contributed by atoms with van der Waals surface area (Å²) in [6.07, 6.45) is 4.55. The van der Waals surface area contributed by atoms with E-state index in [4.69, 9.17) is 0 Å². The molecule has 1 saturated heterocycles. The fourth-order valence-electron chi connectivity index (χ4n) is 4.66. The second kappa shape index (κ2) is 9.15. The maximum Gasteiger partial charge on any atom is 0.225 e. The number of likely N-dealkylation sites (tertiary alicyclic amines) is 1. The van der Waals surface area contributed by atoms with Crippen LogP contribution in [-0.2, 0) is 4.79 Å². The number of aryl methyl sites for hydroxylation is 1. The number of hydrogen-bond donors (Lipinski definition) is 1. The second-order valence-electron chi connectivity index (χ2n) is 8.69. The maximum atomic E-state index is 12.7. The van der Waals surface area contributed by atoms with E-state index in [1.165, 1.54) is 0 Å². The third-order valence-corrected chi connectivity index (χ3v) is 6.50. The molecule has 0 saturated carbocycles. The van der Waals surface area contributed by atoms with Gasteiger partial charge in [0.2, 0.25) is 5.91 Å². The Morgan fingerprint density at radius 3 is 2.58 bits per heavy atom. The molecule has 8 nitrogen and oxygen atoms in total. The van der Waals surface area contributed by atoms with Crippen molar-refractivity contribution in [2.75, 3.05) is 25.0 Å². The number of fused-ring (bicyclic) bond motifs is 1. The average Bonchev–Trinajstić information content (AvgIpc) is 3.40. The highest BCUT2D eigenvalue weighted by atomic mass is 16.1. The van der Waals surface area contributed by atoms with Crippen LogP contribution in [-0.4, -0.2) is 54.8 Å². The highest BCUT2D eigenvalue weighted by Crippen LogP contribution is 2.27. The Kier molecular flexibility index (Phi) is 5.92. The van der Waals surface area contributed by atoms with E-state index in [1.54, 1.807) is 0 Å². The molecule has 8 heteroatoms. The van der Waals surface area contributed by atoms with Crippen molar-refractivity contribution < 1.29 is 4.79 Å². The van der Waals surface area contributed by atoms with Crippen LogP contribution in [0.3, 0.4) is 0 Å². The molecule has 0 aliphatic carbocycles. The highest BCUT2D eigenvalue weighted by molar-refractivity contribution is 5.92. The molecule has 1 N–H and O–H groups in total. The van der Waals surface area contributed by atoms with E-state index in [0.29, 0.717) is 12.3 Å². The molecule has 33 heavy (non-hydrogen) atoms. The van der Waals surface area contributed by atoms with Gasteiger partial charge in [0.05, 0.1) is 22.8 Å². The van der Waals surface area contributed by atoms with Crippen molar-refractivity contribution in [1.29, 1.82) is 0 Å². The van der Waals surface area contributed by atoms with Crippen LogP contribution in [0, 0.1) is 13.8 Å². The monoisotopic (exact) mass is 443 g/mol. The summed E-state index contributed by atoms with van der Waals surface area (Å²) in [5, 5.41) is 16.4. The Balaban J connectivity index is 1.15. The van der Waals surface area contributed by atoms with Crippen LogP contribution in [0.15, 0.2) is 54.7 Å². The number of nitrogens with one attached hydrogen (secondary N) is 1. The quantitative estimate of drug-likeness (QED) is 0.491. The Labute approximate surface area is 193 Å². The minimum Gasteiger partial charge on any atom is -0.323 e. The summed E-state index contributed by atoms with van der Waals surface area (Å²) in [6, 6.07) is 16.0. The fourth-order valence-corrected chi connectivity index (χ4v) is 4.66. The van der Waals surface area contributed by atoms with E-state index in [0.717, 1.165) is 66.7 Å². The van der Waals surface area contributed by atoms with Gasteiger partial charge in [-0.05, 0) is 64.0 Å². The van der Waals surface area contributed by atoms with Crippen molar-refractivity contribution in [2.45, 2.75) is 39.0 Å². The van der Waals surface area contributed by atoms with Crippen LogP contribution >= 0.6 is 0 Å². The number of nitrogens with zero attached hydrogens (tertiary/aromatic N) is 6. The third-order valence-electron chi connectivity index (χ3n) is 6.50. The molecular weight excluding hydrogens is 414 g/mol. The minimum atomic E-state index is 0.0272. The first-order chi connectivity index (χ1) is 16.1. The molecule has 1 amide bonds. The molecule has 170 valence electrons. The zero-order valence-corrected chi connectivity index (χ0v) is 19.1. The summed E-state index contributed by atoms with van der Waals surface area (Å²) in [5.41, 5.74) is 4.45. The van der Waals surface area contributed by atoms with Gasteiger partial charge < -0.3 is 10.2 Å². The normalized spacial score (nSPS) is 15.2. The van der Waals surface area contributed by atoms with Gasteiger partial charge in [-0.25, -0.2) is 4.68 Å². The summed E-state index contributed by atoms with van der Waals surface area (Å²) >= 11 is 0. The second-order valence-corrected chi connectivity index (χ2v) is 8.69. The van der Waals surface area contributed by atoms with E-state index in [-0.39, 0.29) is 5.91 Å². The molecule has 0 atom stereocenters. The SMILES string of the molecule is Cc1nn(-c2ccccc2)c(C)c1NC(=O)CCN1CCC(c2nnc3ccccn23)CC1. The van der Waals surface area contributed by atoms with Crippen molar-refractivity contribution in [3.8, 4) is 5.69 Å². The molecule has 1 aliphatic rings. The van der Waals surface area contributed by atoms with Gasteiger partial charge in [0, 0.05) is 25.1 Å². The zero-order chi connectivity index (χ0) is 22.8. The van der Waals surface area contributed by atoms with Crippen molar-refractivity contribution in [3.05, 3.63) is 71.9 Å². The summed E-state index contributed by atoms with van der Waals surface area (Å²) < 4.78 is 3.97. The highest BCUT2D eigenvalue weighted by Gasteiger charge is 2.25. The first-order valence-corrected chi connectivity index (χ1v) is 11.5. The lowest BCUT2D eigenvalue weighted by Gasteiger charge is -2.30. The van der Waals surface area contributed by atoms with Crippen molar-refractivity contribution in [2.24, 2.45) is 0 Å². The van der Waals surface area contributed by atoms with Gasteiger partial charge in [-0.3, -0.25) is 9.20 Å². The molecule has 1 aromatic carbocycles. The molecule has 0 radical (unpaired) electrons. The lowest BCUT2D eigenvalue weighted by molar-refractivity contribution is -0.116. The number of carbonyl (C=O) groups excluding carboxylic acids is 1. The maximum absolute atomic E-state index is 12.7. The predicted octanol–water partition coefficient (Wildman–Crippen LogP) is 3.74. The first-order valence-electron chi connectivity index (χ1n) is 11.5. The summed E-state index contributed by atoms with van der Waals surface area (Å²) in [6.45, 7) is 6.60. The van der Waals surface area contributed by atoms with Crippen molar-refractivity contribution in [1.82, 2.24) is 29.3 Å². The van der Waals surface area contributed by atoms with Crippen LogP contribution in [0.2, 0.25) is 0 Å². The Morgan fingerprint density at radius 2 is 1.79 bits per heavy atom. The summed E-state index contributed by atoms with van der Waals surface area (Å²) in [7, 11) is 0. The molecule has 4 aromatic rings. The van der Waals surface area contributed by atoms with E-state index in [9.17, 15) is 4.79 Å². The van der Waals surface area contributed by atoms with Gasteiger partial charge in [0.25, 0.3) is 0 Å². The number of carbonyl (C=O) groups is 1. The van der Waals surface area contributed by atoms with E-state index < -0.39 is 0 Å². The van der Waals surface area contributed by atoms with Gasteiger partial charge in [-0.2, -0.15) is 5.10 Å². The number of hydrogen-bond acceptors (Lipinski definition) is 5. The minimum absolute atomic E-state index is 0.0272. The van der Waals surface area contributed by atoms with Crippen LogP contribution in [0.25, 0.3) is 11.3 Å². The van der Waals surface area contributed by atoms with Crippen LogP contribution in [0.1, 0.15) is 42.4 Å². The van der Waals surface area contributed by atoms with E-state index in [1.807, 2.05) is 73.3 Å². The number of benzene rings is 1. The number of aromatic nitrogens is 5. The largest absolute Gasteiger partial charge is 0.323 e. The summed E-state index contributed by atoms with van der Waals surface area (Å²) in [4.78, 5) is 15.1. The standard InChI is InChI=1S/C25H29N7O/c1-18-24(19(2)32(29-18)21-8-4-3-5-9-21)26-23(33)13-17-30-15-11-20(12-16-30)25-28-27-22-10-6-7-14-31(22)25/h3-10,14,20H,11-13,15-17H2,1-2H3,(H,26,33). The lowest BCUT2D eigenvalue weighted by atomic mass is 9.96. The molecule has 0 spiro atoms. The number of rotatable bonds is 6. The summed E-state index contributed by atoms with van der Waals surface area (Å²) in [5.74, 6) is 1.48. The van der Waals surface area contributed by atoms with Crippen molar-refractivity contribution >= 4 is 17.2 Å². The third kappa shape index (κ3) is 4.39. The van der Waals surface area contributed by atoms with Gasteiger partial charge in [-0.15, -0.1) is 10.2 Å². The molecule has 5 rings (SSSR count). The van der Waals surface area contributed by atoms with Crippen LogP contribution in [0.5, 0.6) is 0 Å². The Bertz CT molecular complexity index is 1250.